The number of hydrogen-bond acceptors (Lipinski definition) is 2. The highest BCUT2D eigenvalue weighted by Crippen LogP contribution is 2.49. The third-order valence-electron chi connectivity index (χ3n) is 5.28. The fourth-order valence-electron chi connectivity index (χ4n) is 4.10. The van der Waals surface area contributed by atoms with Crippen LogP contribution in [0.5, 0.6) is 0 Å². The van der Waals surface area contributed by atoms with Gasteiger partial charge in [-0.2, -0.15) is 5.26 Å². The molecule has 2 N–H and O–H groups in total. The predicted molar refractivity (Wildman–Crippen MR) is 72.0 cm³/mol. The molecule has 2 fully saturated rings. The molecule has 2 aliphatic rings. The molecule has 3 heteroatoms. The average molecular weight is 243 g/mol. The van der Waals surface area contributed by atoms with Gasteiger partial charge in [-0.05, 0) is 56.4 Å². The van der Waals surface area contributed by atoms with E-state index >= 15 is 0 Å². The van der Waals surface area contributed by atoms with E-state index in [1.165, 1.54) is 31.4 Å². The molecule has 0 radical (unpaired) electrons. The monoisotopic (exact) mass is 243 g/mol. The molecule has 3 nitrogen and oxygen atoms in total. The van der Waals surface area contributed by atoms with Crippen LogP contribution in [0.4, 0.5) is 5.82 Å². The minimum Gasteiger partial charge on any atom is -0.384 e. The van der Waals surface area contributed by atoms with Crippen LogP contribution in [-0.4, -0.2) is 4.57 Å². The van der Waals surface area contributed by atoms with E-state index in [1.54, 1.807) is 0 Å². The van der Waals surface area contributed by atoms with Gasteiger partial charge in [-0.3, -0.25) is 0 Å². The maximum atomic E-state index is 9.16. The van der Waals surface area contributed by atoms with Crippen molar-refractivity contribution in [2.45, 2.75) is 46.1 Å². The van der Waals surface area contributed by atoms with E-state index in [0.29, 0.717) is 11.4 Å². The maximum absolute atomic E-state index is 9.16. The molecule has 1 aromatic heterocycles. The quantitative estimate of drug-likeness (QED) is 0.868. The van der Waals surface area contributed by atoms with Gasteiger partial charge in [0.1, 0.15) is 11.9 Å². The van der Waals surface area contributed by atoms with Crippen LogP contribution in [0.2, 0.25) is 0 Å². The molecule has 2 bridgehead atoms. The Bertz CT molecular complexity index is 521. The molecule has 96 valence electrons. The predicted octanol–water partition coefficient (Wildman–Crippen LogP) is 3.00. The van der Waals surface area contributed by atoms with Crippen molar-refractivity contribution >= 4 is 5.82 Å². The molecular weight excluding hydrogens is 222 g/mol. The van der Waals surface area contributed by atoms with Crippen LogP contribution < -0.4 is 5.73 Å². The first kappa shape index (κ1) is 11.6. The summed E-state index contributed by atoms with van der Waals surface area (Å²) in [5.41, 5.74) is 9.04. The van der Waals surface area contributed by atoms with Gasteiger partial charge in [-0.1, -0.05) is 6.42 Å². The fraction of sp³-hybridized carbons (Fsp3) is 0.667. The number of nitrogen functional groups attached to an aromatic ring is 1. The van der Waals surface area contributed by atoms with Gasteiger partial charge >= 0.3 is 0 Å². The number of nitrogens with two attached hydrogens (primary N) is 1. The van der Waals surface area contributed by atoms with E-state index in [9.17, 15) is 0 Å². The van der Waals surface area contributed by atoms with E-state index in [-0.39, 0.29) is 0 Å². The summed E-state index contributed by atoms with van der Waals surface area (Å²) in [4.78, 5) is 0. The van der Waals surface area contributed by atoms with Crippen LogP contribution >= 0.6 is 0 Å². The third-order valence-corrected chi connectivity index (χ3v) is 5.28. The molecule has 1 aromatic rings. The Labute approximate surface area is 109 Å². The lowest BCUT2D eigenvalue weighted by Gasteiger charge is -2.23. The van der Waals surface area contributed by atoms with Gasteiger partial charge in [0.25, 0.3) is 0 Å². The van der Waals surface area contributed by atoms with Gasteiger partial charge in [-0.25, -0.2) is 0 Å². The summed E-state index contributed by atoms with van der Waals surface area (Å²) in [5.74, 6) is 3.33. The summed E-state index contributed by atoms with van der Waals surface area (Å²) < 4.78 is 2.18. The molecule has 3 atom stereocenters. The standard InChI is InChI=1S/C15H21N3/c1-9-10(2)18(15(17)14(9)7-16)8-13-6-11-3-4-12(13)5-11/h11-13H,3-6,8,17H2,1-2H3. The molecule has 18 heavy (non-hydrogen) atoms. The minimum atomic E-state index is 0.676. The number of rotatable bonds is 2. The number of nitriles is 1. The molecule has 0 saturated heterocycles. The number of anilines is 1. The summed E-state index contributed by atoms with van der Waals surface area (Å²) in [7, 11) is 0. The average Bonchev–Trinajstić information content (AvgIpc) is 3.01. The van der Waals surface area contributed by atoms with Crippen molar-refractivity contribution in [1.29, 1.82) is 5.26 Å². The Morgan fingerprint density at radius 3 is 2.61 bits per heavy atom. The zero-order chi connectivity index (χ0) is 12.9. The number of nitrogens with zero attached hydrogens (tertiary/aromatic N) is 2. The van der Waals surface area contributed by atoms with E-state index in [0.717, 1.165) is 29.9 Å². The van der Waals surface area contributed by atoms with Crippen molar-refractivity contribution in [3.8, 4) is 6.07 Å². The highest BCUT2D eigenvalue weighted by atomic mass is 15.1. The molecule has 0 spiro atoms. The summed E-state index contributed by atoms with van der Waals surface area (Å²) in [6.07, 6.45) is 5.63. The first-order chi connectivity index (χ1) is 8.61. The molecule has 3 rings (SSSR count). The van der Waals surface area contributed by atoms with Crippen molar-refractivity contribution in [1.82, 2.24) is 4.57 Å². The van der Waals surface area contributed by atoms with Gasteiger partial charge in [0.2, 0.25) is 0 Å². The Morgan fingerprint density at radius 1 is 1.33 bits per heavy atom. The van der Waals surface area contributed by atoms with Crippen molar-refractivity contribution < 1.29 is 0 Å². The number of aromatic nitrogens is 1. The Hall–Kier alpha value is -1.43. The molecule has 1 heterocycles. The van der Waals surface area contributed by atoms with E-state index in [1.807, 2.05) is 6.92 Å². The molecular formula is C15H21N3. The van der Waals surface area contributed by atoms with Gasteiger partial charge in [0.05, 0.1) is 5.56 Å². The van der Waals surface area contributed by atoms with Gasteiger partial charge in [-0.15, -0.1) is 0 Å². The Morgan fingerprint density at radius 2 is 2.11 bits per heavy atom. The lowest BCUT2D eigenvalue weighted by atomic mass is 9.89. The molecule has 3 unspecified atom stereocenters. The minimum absolute atomic E-state index is 0.676. The molecule has 2 aliphatic carbocycles. The summed E-state index contributed by atoms with van der Waals surface area (Å²) in [6.45, 7) is 5.10. The van der Waals surface area contributed by atoms with Crippen LogP contribution in [0.15, 0.2) is 0 Å². The molecule has 0 amide bonds. The van der Waals surface area contributed by atoms with Crippen molar-refractivity contribution in [3.05, 3.63) is 16.8 Å². The van der Waals surface area contributed by atoms with Gasteiger partial charge < -0.3 is 10.3 Å². The first-order valence-electron chi connectivity index (χ1n) is 6.97. The third kappa shape index (κ3) is 1.55. The smallest absolute Gasteiger partial charge is 0.122 e. The second-order valence-electron chi connectivity index (χ2n) is 6.13. The largest absolute Gasteiger partial charge is 0.384 e. The van der Waals surface area contributed by atoms with Gasteiger partial charge in [0.15, 0.2) is 0 Å². The van der Waals surface area contributed by atoms with Crippen molar-refractivity contribution in [2.75, 3.05) is 5.73 Å². The van der Waals surface area contributed by atoms with Crippen LogP contribution in [-0.2, 0) is 6.54 Å². The number of fused-ring (bicyclic) bond motifs is 2. The SMILES string of the molecule is Cc1c(C#N)c(N)n(CC2CC3CCC2C3)c1C. The van der Waals surface area contributed by atoms with Crippen LogP contribution in [0.1, 0.15) is 42.5 Å². The highest BCUT2D eigenvalue weighted by molar-refractivity contribution is 5.57. The van der Waals surface area contributed by atoms with Crippen molar-refractivity contribution in [3.63, 3.8) is 0 Å². The van der Waals surface area contributed by atoms with Crippen LogP contribution in [0, 0.1) is 42.9 Å². The van der Waals surface area contributed by atoms with E-state index in [4.69, 9.17) is 11.0 Å². The molecule has 0 aromatic carbocycles. The Balaban J connectivity index is 1.88. The highest BCUT2D eigenvalue weighted by Gasteiger charge is 2.39. The zero-order valence-corrected chi connectivity index (χ0v) is 11.2. The summed E-state index contributed by atoms with van der Waals surface area (Å²) in [6, 6.07) is 2.24. The van der Waals surface area contributed by atoms with E-state index in [2.05, 4.69) is 17.6 Å². The van der Waals surface area contributed by atoms with Crippen molar-refractivity contribution in [2.24, 2.45) is 17.8 Å². The number of hydrogen-bond donors (Lipinski definition) is 1. The lowest BCUT2D eigenvalue weighted by Crippen LogP contribution is -2.19. The topological polar surface area (TPSA) is 54.7 Å². The summed E-state index contributed by atoms with van der Waals surface area (Å²) in [5, 5.41) is 9.16. The second-order valence-corrected chi connectivity index (χ2v) is 6.13. The second kappa shape index (κ2) is 4.05. The maximum Gasteiger partial charge on any atom is 0.122 e. The fourth-order valence-corrected chi connectivity index (χ4v) is 4.10. The first-order valence-corrected chi connectivity index (χ1v) is 6.97. The molecule has 0 aliphatic heterocycles. The Kier molecular flexibility index (Phi) is 2.62. The van der Waals surface area contributed by atoms with Crippen LogP contribution in [0.3, 0.4) is 0 Å². The van der Waals surface area contributed by atoms with Gasteiger partial charge in [0, 0.05) is 12.2 Å². The summed E-state index contributed by atoms with van der Waals surface area (Å²) >= 11 is 0. The lowest BCUT2D eigenvalue weighted by molar-refractivity contribution is 0.296. The zero-order valence-electron chi connectivity index (χ0n) is 11.2. The normalized spacial score (nSPS) is 29.7. The molecule has 2 saturated carbocycles. The van der Waals surface area contributed by atoms with E-state index < -0.39 is 0 Å². The van der Waals surface area contributed by atoms with Crippen LogP contribution in [0.25, 0.3) is 0 Å².